The molecule has 1 aliphatic carbocycles. The van der Waals surface area contributed by atoms with Gasteiger partial charge in [0.1, 0.15) is 11.9 Å². The zero-order valence-electron chi connectivity index (χ0n) is 14.1. The number of methoxy groups -OCH3 is 1. The van der Waals surface area contributed by atoms with Crippen LogP contribution in [0.25, 0.3) is 0 Å². The Morgan fingerprint density at radius 1 is 1.21 bits per heavy atom. The molecule has 0 bridgehead atoms. The van der Waals surface area contributed by atoms with Crippen LogP contribution in [0.15, 0.2) is 24.5 Å². The Morgan fingerprint density at radius 3 is 2.58 bits per heavy atom. The van der Waals surface area contributed by atoms with E-state index in [9.17, 15) is 9.90 Å². The third kappa shape index (κ3) is 4.05. The summed E-state index contributed by atoms with van der Waals surface area (Å²) in [7, 11) is 1.60. The van der Waals surface area contributed by atoms with Crippen molar-refractivity contribution in [2.75, 3.05) is 20.2 Å². The molecule has 1 aliphatic heterocycles. The number of piperidine rings is 1. The standard InChI is InChI=1S/C18H26N2O4/c1-23-17-12-13(2-3-16(17)21)18(22)20-10-6-15(7-11-20)24-14-4-8-19-9-5-14/h4-5,8-9,13,15-17,21H,2-3,6-7,10-12H2,1H3/t13-,16+,17-/m1/s1. The molecule has 24 heavy (non-hydrogen) atoms. The first-order valence-electron chi connectivity index (χ1n) is 8.73. The molecule has 1 aromatic heterocycles. The van der Waals surface area contributed by atoms with Gasteiger partial charge in [0.15, 0.2) is 0 Å². The van der Waals surface area contributed by atoms with E-state index in [1.165, 1.54) is 0 Å². The maximum absolute atomic E-state index is 12.7. The van der Waals surface area contributed by atoms with Crippen molar-refractivity contribution in [1.82, 2.24) is 9.88 Å². The summed E-state index contributed by atoms with van der Waals surface area (Å²) in [5.74, 6) is 1.00. The van der Waals surface area contributed by atoms with Gasteiger partial charge in [-0.15, -0.1) is 0 Å². The van der Waals surface area contributed by atoms with Gasteiger partial charge in [0.05, 0.1) is 12.2 Å². The van der Waals surface area contributed by atoms with Crippen molar-refractivity contribution < 1.29 is 19.4 Å². The van der Waals surface area contributed by atoms with Gasteiger partial charge < -0.3 is 19.5 Å². The lowest BCUT2D eigenvalue weighted by atomic mass is 9.84. The van der Waals surface area contributed by atoms with Crippen LogP contribution in [0.3, 0.4) is 0 Å². The number of hydrogen-bond donors (Lipinski definition) is 1. The SMILES string of the molecule is CO[C@@H]1C[C@H](C(=O)N2CCC(Oc3ccncc3)CC2)CC[C@@H]1O. The normalized spacial score (nSPS) is 28.6. The minimum atomic E-state index is -0.446. The summed E-state index contributed by atoms with van der Waals surface area (Å²) >= 11 is 0. The molecule has 1 saturated carbocycles. The van der Waals surface area contributed by atoms with Crippen LogP contribution in [0.4, 0.5) is 0 Å². The number of amides is 1. The van der Waals surface area contributed by atoms with Gasteiger partial charge in [0.2, 0.25) is 5.91 Å². The van der Waals surface area contributed by atoms with E-state index >= 15 is 0 Å². The van der Waals surface area contributed by atoms with Crippen molar-refractivity contribution in [1.29, 1.82) is 0 Å². The maximum Gasteiger partial charge on any atom is 0.225 e. The van der Waals surface area contributed by atoms with E-state index in [-0.39, 0.29) is 24.0 Å². The number of likely N-dealkylation sites (tertiary alicyclic amines) is 1. The number of aliphatic hydroxyl groups excluding tert-OH is 1. The second-order valence-electron chi connectivity index (χ2n) is 6.68. The molecule has 132 valence electrons. The highest BCUT2D eigenvalue weighted by molar-refractivity contribution is 5.79. The molecule has 0 spiro atoms. The van der Waals surface area contributed by atoms with Crippen LogP contribution in [0.5, 0.6) is 5.75 Å². The molecular formula is C18H26N2O4. The fourth-order valence-electron chi connectivity index (χ4n) is 3.65. The zero-order chi connectivity index (χ0) is 16.9. The number of nitrogens with zero attached hydrogens (tertiary/aromatic N) is 2. The van der Waals surface area contributed by atoms with Gasteiger partial charge in [0.25, 0.3) is 0 Å². The molecule has 1 aromatic rings. The highest BCUT2D eigenvalue weighted by Gasteiger charge is 2.36. The van der Waals surface area contributed by atoms with Crippen LogP contribution in [0, 0.1) is 5.92 Å². The predicted molar refractivity (Wildman–Crippen MR) is 88.6 cm³/mol. The molecule has 3 rings (SSSR count). The van der Waals surface area contributed by atoms with Gasteiger partial charge in [-0.2, -0.15) is 0 Å². The van der Waals surface area contributed by atoms with E-state index in [2.05, 4.69) is 4.98 Å². The summed E-state index contributed by atoms with van der Waals surface area (Å²) < 4.78 is 11.3. The quantitative estimate of drug-likeness (QED) is 0.906. The molecule has 6 heteroatoms. The highest BCUT2D eigenvalue weighted by Crippen LogP contribution is 2.29. The van der Waals surface area contributed by atoms with Crippen LogP contribution in [0.2, 0.25) is 0 Å². The Balaban J connectivity index is 1.48. The number of ether oxygens (including phenoxy) is 2. The maximum atomic E-state index is 12.7. The summed E-state index contributed by atoms with van der Waals surface area (Å²) in [4.78, 5) is 18.7. The lowest BCUT2D eigenvalue weighted by Crippen LogP contribution is -2.47. The van der Waals surface area contributed by atoms with E-state index in [0.717, 1.165) is 38.1 Å². The van der Waals surface area contributed by atoms with E-state index < -0.39 is 6.10 Å². The van der Waals surface area contributed by atoms with E-state index in [1.54, 1.807) is 19.5 Å². The topological polar surface area (TPSA) is 71.9 Å². The molecule has 2 heterocycles. The van der Waals surface area contributed by atoms with Crippen LogP contribution in [-0.2, 0) is 9.53 Å². The van der Waals surface area contributed by atoms with Gasteiger partial charge >= 0.3 is 0 Å². The summed E-state index contributed by atoms with van der Waals surface area (Å²) in [6, 6.07) is 3.71. The lowest BCUT2D eigenvalue weighted by molar-refractivity contribution is -0.142. The fourth-order valence-corrected chi connectivity index (χ4v) is 3.65. The average molecular weight is 334 g/mol. The second kappa shape index (κ2) is 7.94. The minimum Gasteiger partial charge on any atom is -0.490 e. The average Bonchev–Trinajstić information content (AvgIpc) is 2.63. The van der Waals surface area contributed by atoms with Gasteiger partial charge in [-0.3, -0.25) is 9.78 Å². The van der Waals surface area contributed by atoms with Crippen molar-refractivity contribution >= 4 is 5.91 Å². The largest absolute Gasteiger partial charge is 0.490 e. The number of pyridine rings is 1. The Hall–Kier alpha value is -1.66. The first kappa shape index (κ1) is 17.2. The number of carbonyl (C=O) groups excluding carboxylic acids is 1. The molecule has 0 aromatic carbocycles. The number of aliphatic hydroxyl groups is 1. The number of rotatable bonds is 4. The van der Waals surface area contributed by atoms with E-state index in [4.69, 9.17) is 9.47 Å². The molecule has 1 N–H and O–H groups in total. The number of aromatic nitrogens is 1. The predicted octanol–water partition coefficient (Wildman–Crippen LogP) is 1.63. The van der Waals surface area contributed by atoms with Crippen LogP contribution in [0.1, 0.15) is 32.1 Å². The lowest BCUT2D eigenvalue weighted by Gasteiger charge is -2.37. The molecule has 1 saturated heterocycles. The van der Waals surface area contributed by atoms with Crippen molar-refractivity contribution in [3.8, 4) is 5.75 Å². The summed E-state index contributed by atoms with van der Waals surface area (Å²) in [6.45, 7) is 1.45. The van der Waals surface area contributed by atoms with Gasteiger partial charge in [-0.1, -0.05) is 0 Å². The Labute approximate surface area is 142 Å². The Morgan fingerprint density at radius 2 is 1.92 bits per heavy atom. The van der Waals surface area contributed by atoms with Crippen LogP contribution < -0.4 is 4.74 Å². The smallest absolute Gasteiger partial charge is 0.225 e. The molecule has 0 unspecified atom stereocenters. The molecule has 1 amide bonds. The monoisotopic (exact) mass is 334 g/mol. The zero-order valence-corrected chi connectivity index (χ0v) is 14.1. The van der Waals surface area contributed by atoms with Crippen molar-refractivity contribution in [2.24, 2.45) is 5.92 Å². The Bertz CT molecular complexity index is 531. The molecule has 3 atom stereocenters. The van der Waals surface area contributed by atoms with E-state index in [0.29, 0.717) is 12.8 Å². The third-order valence-corrected chi connectivity index (χ3v) is 5.12. The minimum absolute atomic E-state index is 0.0315. The number of hydrogen-bond acceptors (Lipinski definition) is 5. The molecule has 0 radical (unpaired) electrons. The summed E-state index contributed by atoms with van der Waals surface area (Å²) in [5, 5.41) is 9.88. The van der Waals surface area contributed by atoms with Crippen molar-refractivity contribution in [2.45, 2.75) is 50.4 Å². The summed E-state index contributed by atoms with van der Waals surface area (Å²) in [6.07, 6.45) is 6.60. The van der Waals surface area contributed by atoms with Crippen molar-refractivity contribution in [3.63, 3.8) is 0 Å². The first-order valence-corrected chi connectivity index (χ1v) is 8.73. The van der Waals surface area contributed by atoms with Gasteiger partial charge in [-0.25, -0.2) is 0 Å². The molecule has 2 fully saturated rings. The highest BCUT2D eigenvalue weighted by atomic mass is 16.5. The molecule has 2 aliphatic rings. The van der Waals surface area contributed by atoms with Crippen LogP contribution in [-0.4, -0.2) is 59.4 Å². The fraction of sp³-hybridized carbons (Fsp3) is 0.667. The van der Waals surface area contributed by atoms with E-state index in [1.807, 2.05) is 17.0 Å². The van der Waals surface area contributed by atoms with Gasteiger partial charge in [0, 0.05) is 51.4 Å². The molecule has 6 nitrogen and oxygen atoms in total. The van der Waals surface area contributed by atoms with Crippen LogP contribution >= 0.6 is 0 Å². The number of carbonyl (C=O) groups is 1. The summed E-state index contributed by atoms with van der Waals surface area (Å²) in [5.41, 5.74) is 0. The van der Waals surface area contributed by atoms with Crippen molar-refractivity contribution in [3.05, 3.63) is 24.5 Å². The first-order chi connectivity index (χ1) is 11.7. The third-order valence-electron chi connectivity index (χ3n) is 5.12. The second-order valence-corrected chi connectivity index (χ2v) is 6.68. The molecular weight excluding hydrogens is 308 g/mol. The van der Waals surface area contributed by atoms with Gasteiger partial charge in [-0.05, 0) is 31.4 Å². The Kier molecular flexibility index (Phi) is 5.68.